The largest absolute Gasteiger partial charge is 0.415 e. The molecule has 9 heteroatoms. The number of halogens is 1. The molecule has 1 aliphatic heterocycles. The zero-order chi connectivity index (χ0) is 24.5. The minimum Gasteiger partial charge on any atom is -0.415 e. The fourth-order valence-electron chi connectivity index (χ4n) is 4.17. The highest BCUT2D eigenvalue weighted by Crippen LogP contribution is 2.28. The molecule has 1 saturated heterocycles. The number of benzene rings is 2. The first-order valence-corrected chi connectivity index (χ1v) is 11.4. The van der Waals surface area contributed by atoms with Gasteiger partial charge in [0.2, 0.25) is 5.89 Å². The number of carbonyl (C=O) groups is 1. The number of hydrogen-bond acceptors (Lipinski definition) is 7. The Morgan fingerprint density at radius 3 is 2.60 bits per heavy atom. The van der Waals surface area contributed by atoms with Crippen molar-refractivity contribution in [2.45, 2.75) is 19.4 Å². The molecule has 35 heavy (non-hydrogen) atoms. The molecule has 1 fully saturated rings. The van der Waals surface area contributed by atoms with E-state index in [0.717, 1.165) is 12.0 Å². The van der Waals surface area contributed by atoms with Crippen molar-refractivity contribution in [2.75, 3.05) is 27.2 Å². The van der Waals surface area contributed by atoms with Crippen LogP contribution in [0.5, 0.6) is 0 Å². The third kappa shape index (κ3) is 4.54. The summed E-state index contributed by atoms with van der Waals surface area (Å²) in [5, 5.41) is 8.24. The third-order valence-corrected chi connectivity index (χ3v) is 6.28. The molecule has 0 aliphatic carbocycles. The molecule has 1 atom stereocenters. The summed E-state index contributed by atoms with van der Waals surface area (Å²) in [6, 6.07) is 14.2. The van der Waals surface area contributed by atoms with E-state index in [1.165, 1.54) is 12.1 Å². The van der Waals surface area contributed by atoms with Crippen molar-refractivity contribution in [1.82, 2.24) is 30.0 Å². The van der Waals surface area contributed by atoms with Gasteiger partial charge in [-0.1, -0.05) is 24.3 Å². The lowest BCUT2D eigenvalue weighted by molar-refractivity contribution is 0.0778. The van der Waals surface area contributed by atoms with Crippen molar-refractivity contribution in [1.29, 1.82) is 0 Å². The van der Waals surface area contributed by atoms with Gasteiger partial charge in [0.15, 0.2) is 0 Å². The molecule has 0 radical (unpaired) electrons. The molecular weight excluding hydrogens is 447 g/mol. The maximum absolute atomic E-state index is 15.0. The number of likely N-dealkylation sites (N-methyl/N-ethyl adjacent to an activating group) is 1. The minimum absolute atomic E-state index is 0. The van der Waals surface area contributed by atoms with E-state index >= 15 is 4.39 Å². The zero-order valence-corrected chi connectivity index (χ0v) is 19.8. The second-order valence-electron chi connectivity index (χ2n) is 8.82. The van der Waals surface area contributed by atoms with E-state index in [2.05, 4.69) is 25.1 Å². The summed E-state index contributed by atoms with van der Waals surface area (Å²) in [4.78, 5) is 25.7. The average Bonchev–Trinajstić information content (AvgIpc) is 3.55. The summed E-state index contributed by atoms with van der Waals surface area (Å²) in [5.74, 6) is -0.283. The van der Waals surface area contributed by atoms with Gasteiger partial charge in [0.05, 0.1) is 23.1 Å². The van der Waals surface area contributed by atoms with E-state index in [0.29, 0.717) is 41.6 Å². The maximum atomic E-state index is 15.0. The lowest BCUT2D eigenvalue weighted by Gasteiger charge is -2.20. The fraction of sp³-hybridized carbons (Fsp3) is 0.269. The smallest absolute Gasteiger partial charge is 0.268 e. The van der Waals surface area contributed by atoms with E-state index in [-0.39, 0.29) is 24.8 Å². The van der Waals surface area contributed by atoms with Crippen molar-refractivity contribution in [2.24, 2.45) is 0 Å². The molecule has 8 nitrogen and oxygen atoms in total. The second kappa shape index (κ2) is 9.34. The highest BCUT2D eigenvalue weighted by atomic mass is 19.1. The molecule has 3 heterocycles. The number of nitrogens with zero attached hydrogens (tertiary/aromatic N) is 6. The van der Waals surface area contributed by atoms with Crippen molar-refractivity contribution >= 4 is 5.91 Å². The van der Waals surface area contributed by atoms with Gasteiger partial charge in [-0.05, 0) is 51.7 Å². The Morgan fingerprint density at radius 2 is 1.89 bits per heavy atom. The van der Waals surface area contributed by atoms with Crippen molar-refractivity contribution in [3.05, 3.63) is 71.8 Å². The van der Waals surface area contributed by atoms with Crippen LogP contribution in [0.4, 0.5) is 4.39 Å². The van der Waals surface area contributed by atoms with Crippen molar-refractivity contribution in [3.8, 4) is 34.3 Å². The summed E-state index contributed by atoms with van der Waals surface area (Å²) in [6.07, 6.45) is 2.44. The second-order valence-corrected chi connectivity index (χ2v) is 8.82. The summed E-state index contributed by atoms with van der Waals surface area (Å²) in [6.45, 7) is 3.00. The monoisotopic (exact) mass is 474 g/mol. The van der Waals surface area contributed by atoms with Gasteiger partial charge in [-0.2, -0.15) is 0 Å². The number of aryl methyl sites for hydroxylation is 1. The number of hydrogen-bond donors (Lipinski definition) is 0. The lowest BCUT2D eigenvalue weighted by atomic mass is 10.1. The van der Waals surface area contributed by atoms with E-state index in [1.54, 1.807) is 24.1 Å². The molecule has 2 aromatic carbocycles. The molecule has 4 aromatic rings. The van der Waals surface area contributed by atoms with Gasteiger partial charge in [-0.25, -0.2) is 9.37 Å². The van der Waals surface area contributed by atoms with E-state index in [1.807, 2.05) is 44.4 Å². The summed E-state index contributed by atoms with van der Waals surface area (Å²) in [7, 11) is 3.98. The van der Waals surface area contributed by atoms with Crippen LogP contribution in [0.1, 0.15) is 23.9 Å². The zero-order valence-electron chi connectivity index (χ0n) is 19.8. The topological polar surface area (TPSA) is 88.3 Å². The van der Waals surface area contributed by atoms with Crippen LogP contribution in [0.15, 0.2) is 59.1 Å². The number of aromatic nitrogens is 4. The van der Waals surface area contributed by atoms with Gasteiger partial charge >= 0.3 is 0 Å². The van der Waals surface area contributed by atoms with Crippen molar-refractivity contribution < 1.29 is 15.0 Å². The first kappa shape index (κ1) is 22.8. The molecule has 0 N–H and O–H groups in total. The molecule has 1 amide bonds. The standard InChI is InChI=1S/C26H25FN6O2.H2/c1-16-23(25-31-30-24(35-25)17-7-5-4-6-8-17)29-22(14-28-16)18-9-10-20(21(27)13-18)26(34)33-12-11-19(15-33)32(2)3;/h4-10,13-14,19H,11-12,15H2,1-3H3;1H/t19-;/m1./s1. The van der Waals surface area contributed by atoms with Gasteiger partial charge in [0, 0.05) is 31.7 Å². The Labute approximate surface area is 203 Å². The predicted octanol–water partition coefficient (Wildman–Crippen LogP) is 4.33. The van der Waals surface area contributed by atoms with Gasteiger partial charge in [0.1, 0.15) is 11.5 Å². The van der Waals surface area contributed by atoms with Crippen molar-refractivity contribution in [3.63, 3.8) is 0 Å². The molecule has 0 spiro atoms. The van der Waals surface area contributed by atoms with Crippen LogP contribution >= 0.6 is 0 Å². The van der Waals surface area contributed by atoms with E-state index in [9.17, 15) is 4.79 Å². The Balaban J connectivity index is 0.00000304. The number of carbonyl (C=O) groups excluding carboxylic acids is 1. The van der Waals surface area contributed by atoms with Crippen LogP contribution in [-0.2, 0) is 0 Å². The quantitative estimate of drug-likeness (QED) is 0.425. The Kier molecular flexibility index (Phi) is 6.08. The summed E-state index contributed by atoms with van der Waals surface area (Å²) in [5.41, 5.74) is 2.82. The average molecular weight is 475 g/mol. The number of amides is 1. The first-order chi connectivity index (χ1) is 16.9. The molecule has 0 saturated carbocycles. The van der Waals surface area contributed by atoms with Gasteiger partial charge in [-0.3, -0.25) is 9.78 Å². The first-order valence-electron chi connectivity index (χ1n) is 11.4. The Morgan fingerprint density at radius 1 is 1.11 bits per heavy atom. The van der Waals surface area contributed by atoms with Crippen LogP contribution in [0, 0.1) is 12.7 Å². The van der Waals surface area contributed by atoms with Crippen LogP contribution in [-0.4, -0.2) is 69.1 Å². The number of rotatable bonds is 5. The van der Waals surface area contributed by atoms with Gasteiger partial charge in [-0.15, -0.1) is 10.2 Å². The molecular formula is C26H27FN6O2. The number of likely N-dealkylation sites (tertiary alicyclic amines) is 1. The van der Waals surface area contributed by atoms with Gasteiger partial charge in [0.25, 0.3) is 11.8 Å². The highest BCUT2D eigenvalue weighted by Gasteiger charge is 2.29. The van der Waals surface area contributed by atoms with Gasteiger partial charge < -0.3 is 14.2 Å². The Bertz CT molecular complexity index is 1380. The molecule has 1 aliphatic rings. The molecule has 0 unspecified atom stereocenters. The van der Waals surface area contributed by atoms with Crippen LogP contribution < -0.4 is 0 Å². The van der Waals surface area contributed by atoms with Crippen LogP contribution in [0.25, 0.3) is 34.3 Å². The Hall–Kier alpha value is -3.98. The molecule has 2 aromatic heterocycles. The minimum atomic E-state index is -0.589. The predicted molar refractivity (Wildman–Crippen MR) is 131 cm³/mol. The van der Waals surface area contributed by atoms with E-state index < -0.39 is 5.82 Å². The molecule has 180 valence electrons. The lowest BCUT2D eigenvalue weighted by Crippen LogP contribution is -2.34. The third-order valence-electron chi connectivity index (χ3n) is 6.28. The normalized spacial score (nSPS) is 15.7. The van der Waals surface area contributed by atoms with Crippen LogP contribution in [0.2, 0.25) is 0 Å². The maximum Gasteiger partial charge on any atom is 0.268 e. The summed E-state index contributed by atoms with van der Waals surface area (Å²) >= 11 is 0. The summed E-state index contributed by atoms with van der Waals surface area (Å²) < 4.78 is 20.9. The highest BCUT2D eigenvalue weighted by molar-refractivity contribution is 5.95. The molecule has 0 bridgehead atoms. The SMILES string of the molecule is Cc1ncc(-c2ccc(C(=O)N3CC[C@@H](N(C)C)C3)c(F)c2)nc1-c1nnc(-c2ccccc2)o1.[HH]. The fourth-order valence-corrected chi connectivity index (χ4v) is 4.17. The van der Waals surface area contributed by atoms with Crippen LogP contribution in [0.3, 0.4) is 0 Å². The molecule has 5 rings (SSSR count). The van der Waals surface area contributed by atoms with E-state index in [4.69, 9.17) is 4.42 Å².